The summed E-state index contributed by atoms with van der Waals surface area (Å²) in [4.78, 5) is 16.4. The number of carbonyl (C=O) groups is 1. The van der Waals surface area contributed by atoms with Crippen molar-refractivity contribution in [3.63, 3.8) is 0 Å². The van der Waals surface area contributed by atoms with Crippen LogP contribution in [0.5, 0.6) is 0 Å². The first-order chi connectivity index (χ1) is 13.0. The minimum Gasteiger partial charge on any atom is -0.363 e. The van der Waals surface area contributed by atoms with Gasteiger partial charge in [0, 0.05) is 36.0 Å². The molecular formula is C17H19F3N6O. The lowest BCUT2D eigenvalue weighted by molar-refractivity contribution is 0.0566. The monoisotopic (exact) mass is 380 g/mol. The quantitative estimate of drug-likeness (QED) is 0.757. The normalized spacial score (nSPS) is 22.0. The molecule has 1 fully saturated rings. The van der Waals surface area contributed by atoms with Crippen molar-refractivity contribution in [2.75, 3.05) is 5.32 Å². The number of nitrogens with one attached hydrogen (secondary N) is 2. The Morgan fingerprint density at radius 1 is 1.33 bits per heavy atom. The minimum absolute atomic E-state index is 0.0178. The van der Waals surface area contributed by atoms with Gasteiger partial charge >= 0.3 is 6.55 Å². The molecule has 2 aromatic rings. The van der Waals surface area contributed by atoms with E-state index >= 15 is 0 Å². The van der Waals surface area contributed by atoms with Gasteiger partial charge in [0.15, 0.2) is 11.6 Å². The zero-order valence-corrected chi connectivity index (χ0v) is 14.4. The Balaban J connectivity index is 1.78. The van der Waals surface area contributed by atoms with Gasteiger partial charge in [-0.1, -0.05) is 12.8 Å². The fourth-order valence-electron chi connectivity index (χ4n) is 3.67. The highest BCUT2D eigenvalue weighted by Gasteiger charge is 2.32. The van der Waals surface area contributed by atoms with Crippen molar-refractivity contribution < 1.29 is 18.0 Å². The largest absolute Gasteiger partial charge is 0.363 e. The van der Waals surface area contributed by atoms with Crippen LogP contribution in [0.3, 0.4) is 0 Å². The van der Waals surface area contributed by atoms with Gasteiger partial charge in [-0.25, -0.2) is 14.1 Å². The Morgan fingerprint density at radius 3 is 2.81 bits per heavy atom. The maximum absolute atomic E-state index is 15.0. The molecule has 1 aliphatic heterocycles. The summed E-state index contributed by atoms with van der Waals surface area (Å²) in [5.41, 5.74) is 6.69. The number of alkyl halides is 2. The summed E-state index contributed by atoms with van der Waals surface area (Å²) < 4.78 is 41.1. The Morgan fingerprint density at radius 2 is 2.11 bits per heavy atom. The highest BCUT2D eigenvalue weighted by atomic mass is 19.3. The number of fused-ring (bicyclic) bond motifs is 1. The van der Waals surface area contributed by atoms with E-state index in [0.29, 0.717) is 4.68 Å². The third-order valence-corrected chi connectivity index (χ3v) is 5.10. The maximum Gasteiger partial charge on any atom is 0.333 e. The molecule has 1 saturated carbocycles. The SMILES string of the molecule is N[C@H]1CCCC[C@H]1Nc1nc(-c2cnn(C(F)F)c2)c2c(c1F)CNC2=O. The van der Waals surface area contributed by atoms with E-state index in [1.165, 1.54) is 6.20 Å². The predicted octanol–water partition coefficient (Wildman–Crippen LogP) is 2.40. The molecule has 0 spiro atoms. The number of rotatable bonds is 4. The third kappa shape index (κ3) is 3.14. The van der Waals surface area contributed by atoms with Crippen molar-refractivity contribution in [1.82, 2.24) is 20.1 Å². The first kappa shape index (κ1) is 17.8. The van der Waals surface area contributed by atoms with Crippen LogP contribution < -0.4 is 16.4 Å². The molecule has 2 atom stereocenters. The van der Waals surface area contributed by atoms with Crippen LogP contribution in [0.25, 0.3) is 11.3 Å². The molecule has 4 rings (SSSR count). The molecule has 0 bridgehead atoms. The first-order valence-electron chi connectivity index (χ1n) is 8.81. The second-order valence-corrected chi connectivity index (χ2v) is 6.85. The molecule has 0 saturated heterocycles. The molecular weight excluding hydrogens is 361 g/mol. The highest BCUT2D eigenvalue weighted by molar-refractivity contribution is 6.04. The van der Waals surface area contributed by atoms with E-state index in [4.69, 9.17) is 5.73 Å². The molecule has 4 N–H and O–H groups in total. The van der Waals surface area contributed by atoms with E-state index in [0.717, 1.165) is 31.9 Å². The van der Waals surface area contributed by atoms with Crippen LogP contribution in [0.4, 0.5) is 19.0 Å². The number of hydrogen-bond acceptors (Lipinski definition) is 5. The van der Waals surface area contributed by atoms with E-state index in [-0.39, 0.29) is 46.8 Å². The van der Waals surface area contributed by atoms with Crippen LogP contribution in [0.1, 0.15) is 48.2 Å². The topological polar surface area (TPSA) is 97.9 Å². The molecule has 27 heavy (non-hydrogen) atoms. The number of carbonyl (C=O) groups excluding carboxylic acids is 1. The van der Waals surface area contributed by atoms with Crippen molar-refractivity contribution in [3.8, 4) is 11.3 Å². The van der Waals surface area contributed by atoms with Gasteiger partial charge in [-0.2, -0.15) is 13.9 Å². The summed E-state index contributed by atoms with van der Waals surface area (Å²) in [7, 11) is 0. The molecule has 7 nitrogen and oxygen atoms in total. The number of halogens is 3. The number of anilines is 1. The molecule has 1 amide bonds. The summed E-state index contributed by atoms with van der Waals surface area (Å²) >= 11 is 0. The smallest absolute Gasteiger partial charge is 0.333 e. The van der Waals surface area contributed by atoms with Crippen molar-refractivity contribution in [2.24, 2.45) is 5.73 Å². The zero-order valence-electron chi connectivity index (χ0n) is 14.4. The van der Waals surface area contributed by atoms with Crippen LogP contribution in [0.2, 0.25) is 0 Å². The lowest BCUT2D eigenvalue weighted by Gasteiger charge is -2.30. The van der Waals surface area contributed by atoms with E-state index in [1.807, 2.05) is 0 Å². The fourth-order valence-corrected chi connectivity index (χ4v) is 3.67. The van der Waals surface area contributed by atoms with Crippen LogP contribution in [0, 0.1) is 5.82 Å². The molecule has 0 radical (unpaired) electrons. The minimum atomic E-state index is -2.82. The molecule has 144 valence electrons. The fraction of sp³-hybridized carbons (Fsp3) is 0.471. The number of hydrogen-bond donors (Lipinski definition) is 3. The van der Waals surface area contributed by atoms with Crippen molar-refractivity contribution in [2.45, 2.75) is 50.9 Å². The number of amides is 1. The molecule has 0 aromatic carbocycles. The third-order valence-electron chi connectivity index (χ3n) is 5.10. The van der Waals surface area contributed by atoms with Crippen molar-refractivity contribution >= 4 is 11.7 Å². The van der Waals surface area contributed by atoms with Gasteiger partial charge in [0.05, 0.1) is 17.5 Å². The highest BCUT2D eigenvalue weighted by Crippen LogP contribution is 2.34. The molecule has 1 aliphatic carbocycles. The maximum atomic E-state index is 15.0. The number of aromatic nitrogens is 3. The van der Waals surface area contributed by atoms with Crippen LogP contribution in [0.15, 0.2) is 12.4 Å². The number of nitrogens with zero attached hydrogens (tertiary/aromatic N) is 3. The average molecular weight is 380 g/mol. The Kier molecular flexibility index (Phi) is 4.50. The van der Waals surface area contributed by atoms with Crippen LogP contribution in [-0.2, 0) is 6.54 Å². The lowest BCUT2D eigenvalue weighted by atomic mass is 9.91. The van der Waals surface area contributed by atoms with E-state index in [2.05, 4.69) is 20.7 Å². The predicted molar refractivity (Wildman–Crippen MR) is 91.7 cm³/mol. The van der Waals surface area contributed by atoms with Gasteiger partial charge in [-0.05, 0) is 12.8 Å². The molecule has 2 aromatic heterocycles. The summed E-state index contributed by atoms with van der Waals surface area (Å²) in [6.07, 6.45) is 5.90. The first-order valence-corrected chi connectivity index (χ1v) is 8.81. The van der Waals surface area contributed by atoms with Crippen LogP contribution in [-0.4, -0.2) is 32.8 Å². The van der Waals surface area contributed by atoms with Gasteiger partial charge in [0.25, 0.3) is 5.91 Å². The molecule has 10 heteroatoms. The second-order valence-electron chi connectivity index (χ2n) is 6.85. The van der Waals surface area contributed by atoms with Crippen molar-refractivity contribution in [1.29, 1.82) is 0 Å². The summed E-state index contributed by atoms with van der Waals surface area (Å²) in [5.74, 6) is -1.13. The average Bonchev–Trinajstić information content (AvgIpc) is 3.27. The zero-order chi connectivity index (χ0) is 19.1. The standard InChI is InChI=1S/C17H19F3N6O/c18-13-9-6-22-16(27)12(9)14(8-5-23-26(7-8)17(19)20)25-15(13)24-11-4-2-1-3-10(11)21/h5,7,10-11,17H,1-4,6,21H2,(H,22,27)(H,24,25)/t10-,11+/m0/s1. The van der Waals surface area contributed by atoms with Gasteiger partial charge < -0.3 is 16.4 Å². The van der Waals surface area contributed by atoms with E-state index < -0.39 is 18.3 Å². The lowest BCUT2D eigenvalue weighted by Crippen LogP contribution is -2.43. The van der Waals surface area contributed by atoms with Gasteiger partial charge in [0.2, 0.25) is 0 Å². The summed E-state index contributed by atoms with van der Waals surface area (Å²) in [5, 5.41) is 9.20. The summed E-state index contributed by atoms with van der Waals surface area (Å²) in [6, 6.07) is -0.265. The summed E-state index contributed by atoms with van der Waals surface area (Å²) in [6.45, 7) is -2.80. The second kappa shape index (κ2) is 6.84. The van der Waals surface area contributed by atoms with E-state index in [1.54, 1.807) is 0 Å². The van der Waals surface area contributed by atoms with E-state index in [9.17, 15) is 18.0 Å². The number of pyridine rings is 1. The Labute approximate surface area is 153 Å². The number of nitrogens with two attached hydrogens (primary N) is 1. The Hall–Kier alpha value is -2.62. The van der Waals surface area contributed by atoms with Crippen LogP contribution >= 0.6 is 0 Å². The molecule has 2 aliphatic rings. The van der Waals surface area contributed by atoms with Gasteiger partial charge in [-0.15, -0.1) is 0 Å². The van der Waals surface area contributed by atoms with Gasteiger partial charge in [-0.3, -0.25) is 4.79 Å². The molecule has 3 heterocycles. The van der Waals surface area contributed by atoms with Crippen molar-refractivity contribution in [3.05, 3.63) is 29.3 Å². The molecule has 0 unspecified atom stereocenters. The Bertz CT molecular complexity index is 884. The van der Waals surface area contributed by atoms with Gasteiger partial charge in [0.1, 0.15) is 0 Å².